The Bertz CT molecular complexity index is 1090. The summed E-state index contributed by atoms with van der Waals surface area (Å²) < 4.78 is 17.1. The van der Waals surface area contributed by atoms with E-state index in [0.717, 1.165) is 23.6 Å². The number of likely N-dealkylation sites (N-methyl/N-ethyl adjacent to an activating group) is 1. The van der Waals surface area contributed by atoms with Gasteiger partial charge in [0.2, 0.25) is 0 Å². The largest absolute Gasteiger partial charge is 0.496 e. The van der Waals surface area contributed by atoms with E-state index in [9.17, 15) is 4.79 Å². The van der Waals surface area contributed by atoms with Gasteiger partial charge in [-0.15, -0.1) is 0 Å². The van der Waals surface area contributed by atoms with Gasteiger partial charge in [-0.05, 0) is 37.4 Å². The van der Waals surface area contributed by atoms with Crippen molar-refractivity contribution >= 4 is 5.91 Å². The standard InChI is InChI=1S/C26H29N3O4/c1-28-15-16-29(17-22(28)20-10-4-5-12-23(20)31-2)26(30)21-11-8-13-24(32-3)25(21)33-18-19-9-6-7-14-27-19/h4-14,22H,15-18H2,1-3H3/t22-/m0/s1. The lowest BCUT2D eigenvalue weighted by Crippen LogP contribution is -2.49. The van der Waals surface area contributed by atoms with Crippen molar-refractivity contribution in [2.45, 2.75) is 12.6 Å². The predicted molar refractivity (Wildman–Crippen MR) is 126 cm³/mol. The van der Waals surface area contributed by atoms with Crippen LogP contribution in [0.4, 0.5) is 0 Å². The second kappa shape index (κ2) is 10.4. The Hall–Kier alpha value is -3.58. The van der Waals surface area contributed by atoms with E-state index >= 15 is 0 Å². The topological polar surface area (TPSA) is 64.1 Å². The molecule has 1 amide bonds. The van der Waals surface area contributed by atoms with Gasteiger partial charge in [0, 0.05) is 31.4 Å². The number of rotatable bonds is 7. The number of para-hydroxylation sites is 2. The lowest BCUT2D eigenvalue weighted by atomic mass is 10.0. The first-order valence-electron chi connectivity index (χ1n) is 10.9. The van der Waals surface area contributed by atoms with E-state index in [2.05, 4.69) is 23.0 Å². The average molecular weight is 448 g/mol. The average Bonchev–Trinajstić information content (AvgIpc) is 2.87. The zero-order valence-electron chi connectivity index (χ0n) is 19.2. The van der Waals surface area contributed by atoms with Crippen LogP contribution >= 0.6 is 0 Å². The molecule has 2 aromatic carbocycles. The molecule has 1 fully saturated rings. The van der Waals surface area contributed by atoms with Crippen LogP contribution in [0.2, 0.25) is 0 Å². The molecule has 0 bridgehead atoms. The quantitative estimate of drug-likeness (QED) is 0.549. The number of piperazine rings is 1. The van der Waals surface area contributed by atoms with Crippen molar-refractivity contribution in [1.29, 1.82) is 0 Å². The number of aromatic nitrogens is 1. The first-order chi connectivity index (χ1) is 16.1. The van der Waals surface area contributed by atoms with Gasteiger partial charge in [0.15, 0.2) is 11.5 Å². The Morgan fingerprint density at radius 2 is 1.73 bits per heavy atom. The highest BCUT2D eigenvalue weighted by atomic mass is 16.5. The second-order valence-electron chi connectivity index (χ2n) is 7.94. The molecular formula is C26H29N3O4. The van der Waals surface area contributed by atoms with Crippen LogP contribution < -0.4 is 14.2 Å². The van der Waals surface area contributed by atoms with Crippen LogP contribution in [0.3, 0.4) is 0 Å². The smallest absolute Gasteiger partial charge is 0.257 e. The maximum Gasteiger partial charge on any atom is 0.257 e. The SMILES string of the molecule is COc1ccccc1[C@@H]1CN(C(=O)c2cccc(OC)c2OCc2ccccn2)CCN1C. The summed E-state index contributed by atoms with van der Waals surface area (Å²) >= 11 is 0. The van der Waals surface area contributed by atoms with Gasteiger partial charge in [0.05, 0.1) is 31.5 Å². The minimum absolute atomic E-state index is 0.0299. The van der Waals surface area contributed by atoms with Crippen molar-refractivity contribution in [2.75, 3.05) is 40.9 Å². The minimum atomic E-state index is -0.0853. The van der Waals surface area contributed by atoms with Gasteiger partial charge in [0.1, 0.15) is 12.4 Å². The molecule has 4 rings (SSSR count). The summed E-state index contributed by atoms with van der Waals surface area (Å²) in [5.41, 5.74) is 2.32. The molecule has 0 spiro atoms. The molecule has 0 saturated carbocycles. The summed E-state index contributed by atoms with van der Waals surface area (Å²) in [7, 11) is 5.32. The highest BCUT2D eigenvalue weighted by Gasteiger charge is 2.32. The van der Waals surface area contributed by atoms with E-state index in [1.54, 1.807) is 32.5 Å². The molecule has 0 aliphatic carbocycles. The normalized spacial score (nSPS) is 16.3. The molecule has 0 N–H and O–H groups in total. The number of amides is 1. The zero-order valence-corrected chi connectivity index (χ0v) is 19.2. The number of carbonyl (C=O) groups is 1. The Labute approximate surface area is 194 Å². The van der Waals surface area contributed by atoms with Crippen molar-refractivity contribution in [1.82, 2.24) is 14.8 Å². The number of carbonyl (C=O) groups excluding carboxylic acids is 1. The fourth-order valence-electron chi connectivity index (χ4n) is 4.13. The molecule has 1 atom stereocenters. The molecule has 7 nitrogen and oxygen atoms in total. The maximum absolute atomic E-state index is 13.7. The summed E-state index contributed by atoms with van der Waals surface area (Å²) in [6.45, 7) is 2.17. The van der Waals surface area contributed by atoms with E-state index in [1.807, 2.05) is 47.4 Å². The van der Waals surface area contributed by atoms with Crippen molar-refractivity contribution in [3.8, 4) is 17.2 Å². The van der Waals surface area contributed by atoms with E-state index in [0.29, 0.717) is 30.2 Å². The van der Waals surface area contributed by atoms with Crippen LogP contribution in [0, 0.1) is 0 Å². The van der Waals surface area contributed by atoms with Gasteiger partial charge >= 0.3 is 0 Å². The lowest BCUT2D eigenvalue weighted by Gasteiger charge is -2.40. The van der Waals surface area contributed by atoms with Crippen LogP contribution in [0.1, 0.15) is 27.7 Å². The number of hydrogen-bond donors (Lipinski definition) is 0. The fourth-order valence-corrected chi connectivity index (χ4v) is 4.13. The fraction of sp³-hybridized carbons (Fsp3) is 0.308. The van der Waals surface area contributed by atoms with Crippen molar-refractivity contribution in [3.63, 3.8) is 0 Å². The van der Waals surface area contributed by atoms with Gasteiger partial charge in [-0.2, -0.15) is 0 Å². The Balaban J connectivity index is 1.59. The molecule has 1 aromatic heterocycles. The third-order valence-electron chi connectivity index (χ3n) is 5.95. The van der Waals surface area contributed by atoms with Gasteiger partial charge in [-0.25, -0.2) is 0 Å². The summed E-state index contributed by atoms with van der Waals surface area (Å²) in [6.07, 6.45) is 1.72. The number of nitrogens with zero attached hydrogens (tertiary/aromatic N) is 3. The van der Waals surface area contributed by atoms with Crippen LogP contribution in [-0.2, 0) is 6.61 Å². The first-order valence-corrected chi connectivity index (χ1v) is 10.9. The van der Waals surface area contributed by atoms with Crippen LogP contribution in [-0.4, -0.2) is 61.6 Å². The first kappa shape index (κ1) is 22.6. The van der Waals surface area contributed by atoms with Gasteiger partial charge in [0.25, 0.3) is 5.91 Å². The number of methoxy groups -OCH3 is 2. The molecule has 33 heavy (non-hydrogen) atoms. The summed E-state index contributed by atoms with van der Waals surface area (Å²) in [6, 6.07) is 19.0. The molecule has 1 saturated heterocycles. The summed E-state index contributed by atoms with van der Waals surface area (Å²) in [5, 5.41) is 0. The van der Waals surface area contributed by atoms with E-state index in [1.165, 1.54) is 0 Å². The molecular weight excluding hydrogens is 418 g/mol. The van der Waals surface area contributed by atoms with Crippen molar-refractivity contribution in [2.24, 2.45) is 0 Å². The van der Waals surface area contributed by atoms with Crippen LogP contribution in [0.25, 0.3) is 0 Å². The third-order valence-corrected chi connectivity index (χ3v) is 5.95. The summed E-state index contributed by atoms with van der Waals surface area (Å²) in [5.74, 6) is 1.69. The number of pyridine rings is 1. The molecule has 3 aromatic rings. The molecule has 172 valence electrons. The second-order valence-corrected chi connectivity index (χ2v) is 7.94. The third kappa shape index (κ3) is 4.93. The molecule has 0 unspecified atom stereocenters. The Morgan fingerprint density at radius 3 is 2.48 bits per heavy atom. The molecule has 0 radical (unpaired) electrons. The highest BCUT2D eigenvalue weighted by molar-refractivity contribution is 5.98. The van der Waals surface area contributed by atoms with E-state index in [-0.39, 0.29) is 18.6 Å². The lowest BCUT2D eigenvalue weighted by molar-refractivity contribution is 0.0537. The van der Waals surface area contributed by atoms with Crippen molar-refractivity contribution < 1.29 is 19.0 Å². The molecule has 1 aliphatic rings. The van der Waals surface area contributed by atoms with Crippen molar-refractivity contribution in [3.05, 3.63) is 83.7 Å². The Kier molecular flexibility index (Phi) is 7.10. The van der Waals surface area contributed by atoms with Crippen LogP contribution in [0.5, 0.6) is 17.2 Å². The number of benzene rings is 2. The Morgan fingerprint density at radius 1 is 0.970 bits per heavy atom. The predicted octanol–water partition coefficient (Wildman–Crippen LogP) is 3.81. The maximum atomic E-state index is 13.7. The number of ether oxygens (including phenoxy) is 3. The highest BCUT2D eigenvalue weighted by Crippen LogP contribution is 2.35. The minimum Gasteiger partial charge on any atom is -0.496 e. The summed E-state index contributed by atoms with van der Waals surface area (Å²) in [4.78, 5) is 22.1. The molecule has 2 heterocycles. The molecule has 7 heteroatoms. The van der Waals surface area contributed by atoms with E-state index < -0.39 is 0 Å². The van der Waals surface area contributed by atoms with Gasteiger partial charge in [-0.1, -0.05) is 30.3 Å². The number of hydrogen-bond acceptors (Lipinski definition) is 6. The van der Waals surface area contributed by atoms with Gasteiger partial charge < -0.3 is 19.1 Å². The van der Waals surface area contributed by atoms with Gasteiger partial charge in [-0.3, -0.25) is 14.7 Å². The molecule has 1 aliphatic heterocycles. The zero-order chi connectivity index (χ0) is 23.2. The van der Waals surface area contributed by atoms with E-state index in [4.69, 9.17) is 14.2 Å². The monoisotopic (exact) mass is 447 g/mol. The van der Waals surface area contributed by atoms with Crippen LogP contribution in [0.15, 0.2) is 66.9 Å².